The van der Waals surface area contributed by atoms with Gasteiger partial charge in [-0.3, -0.25) is 9.88 Å². The second kappa shape index (κ2) is 9.56. The number of nitrogens with zero attached hydrogens (tertiary/aromatic N) is 3. The van der Waals surface area contributed by atoms with E-state index in [1.54, 1.807) is 17.8 Å². The van der Waals surface area contributed by atoms with Crippen LogP contribution in [0.1, 0.15) is 46.3 Å². The molecule has 186 valence electrons. The van der Waals surface area contributed by atoms with Crippen molar-refractivity contribution in [1.29, 1.82) is 0 Å². The van der Waals surface area contributed by atoms with E-state index in [0.717, 1.165) is 19.3 Å². The number of fused-ring (bicyclic) bond motifs is 2. The number of hydrogen-bond donors (Lipinski definition) is 1. The topological polar surface area (TPSA) is 115 Å². The molecular weight excluding hydrogens is 468 g/mol. The highest BCUT2D eigenvalue weighted by Crippen LogP contribution is 2.44. The largest absolute Gasteiger partial charge is 0.450 e. The molecule has 2 aromatic heterocycles. The average molecular weight is 497 g/mol. The van der Waals surface area contributed by atoms with Gasteiger partial charge in [-0.2, -0.15) is 0 Å². The smallest absolute Gasteiger partial charge is 0.412 e. The van der Waals surface area contributed by atoms with Crippen LogP contribution < -0.4 is 5.32 Å². The number of rotatable bonds is 6. The van der Waals surface area contributed by atoms with Gasteiger partial charge in [-0.05, 0) is 40.0 Å². The summed E-state index contributed by atoms with van der Waals surface area (Å²) in [4.78, 5) is 20.8. The van der Waals surface area contributed by atoms with Crippen molar-refractivity contribution < 1.29 is 33.2 Å². The molecule has 2 aromatic rings. The molecule has 5 rings (SSSR count). The third-order valence-electron chi connectivity index (χ3n) is 5.97. The monoisotopic (exact) mass is 496 g/mol. The highest BCUT2D eigenvalue weighted by Gasteiger charge is 2.56. The van der Waals surface area contributed by atoms with Gasteiger partial charge in [0.25, 0.3) is 0 Å². The first-order valence-corrected chi connectivity index (χ1v) is 11.9. The number of carbonyl (C=O) groups excluding carboxylic acids is 1. The zero-order valence-corrected chi connectivity index (χ0v) is 20.1. The summed E-state index contributed by atoms with van der Waals surface area (Å²) in [5.41, 5.74) is 0.915. The minimum atomic E-state index is -0.783. The summed E-state index contributed by atoms with van der Waals surface area (Å²) in [5.74, 6) is -0.541. The Morgan fingerprint density at radius 2 is 2.15 bits per heavy atom. The quantitative estimate of drug-likeness (QED) is 0.640. The molecule has 11 nitrogen and oxygen atoms in total. The average Bonchev–Trinajstić information content (AvgIpc) is 3.44. The summed E-state index contributed by atoms with van der Waals surface area (Å²) in [6.45, 7) is 6.70. The van der Waals surface area contributed by atoms with Gasteiger partial charge in [0.2, 0.25) is 0 Å². The lowest BCUT2D eigenvalue weighted by Crippen LogP contribution is -2.35. The molecule has 0 radical (unpaired) electrons. The Hall–Kier alpha value is -2.02. The van der Waals surface area contributed by atoms with Crippen molar-refractivity contribution in [1.82, 2.24) is 14.5 Å². The Morgan fingerprint density at radius 1 is 1.32 bits per heavy atom. The van der Waals surface area contributed by atoms with Crippen LogP contribution in [0.2, 0.25) is 5.02 Å². The van der Waals surface area contributed by atoms with Crippen LogP contribution in [0.5, 0.6) is 0 Å². The molecule has 3 aliphatic rings. The van der Waals surface area contributed by atoms with E-state index in [1.165, 1.54) is 6.07 Å². The van der Waals surface area contributed by atoms with Crippen molar-refractivity contribution >= 4 is 34.7 Å². The zero-order valence-electron chi connectivity index (χ0n) is 19.4. The van der Waals surface area contributed by atoms with Gasteiger partial charge >= 0.3 is 6.09 Å². The Balaban J connectivity index is 1.40. The van der Waals surface area contributed by atoms with E-state index < -0.39 is 24.2 Å². The molecule has 0 aliphatic carbocycles. The molecule has 0 spiro atoms. The van der Waals surface area contributed by atoms with Crippen molar-refractivity contribution in [2.75, 3.05) is 25.1 Å². The summed E-state index contributed by atoms with van der Waals surface area (Å²) in [7, 11) is 0. The number of carbonyl (C=O) groups is 1. The van der Waals surface area contributed by atoms with Crippen LogP contribution in [-0.4, -0.2) is 70.8 Å². The van der Waals surface area contributed by atoms with Gasteiger partial charge in [-0.25, -0.2) is 14.8 Å². The van der Waals surface area contributed by atoms with E-state index >= 15 is 0 Å². The summed E-state index contributed by atoms with van der Waals surface area (Å²) in [6.07, 6.45) is 1.99. The van der Waals surface area contributed by atoms with Gasteiger partial charge in [0.05, 0.1) is 24.6 Å². The Labute approximate surface area is 201 Å². The molecule has 34 heavy (non-hydrogen) atoms. The van der Waals surface area contributed by atoms with E-state index in [9.17, 15) is 4.79 Å². The fraction of sp³-hybridized carbons (Fsp3) is 0.682. The summed E-state index contributed by atoms with van der Waals surface area (Å²) in [6, 6.07) is 1.52. The normalized spacial score (nSPS) is 30.4. The van der Waals surface area contributed by atoms with Gasteiger partial charge in [-0.1, -0.05) is 11.6 Å². The molecule has 5 heterocycles. The van der Waals surface area contributed by atoms with Crippen LogP contribution in [0.3, 0.4) is 0 Å². The molecule has 3 saturated heterocycles. The van der Waals surface area contributed by atoms with Crippen molar-refractivity contribution in [3.63, 3.8) is 0 Å². The number of hydrogen-bond acceptors (Lipinski definition) is 9. The number of nitrogens with one attached hydrogen (secondary N) is 1. The first-order chi connectivity index (χ1) is 16.3. The van der Waals surface area contributed by atoms with E-state index in [1.807, 2.05) is 13.8 Å². The maximum atomic E-state index is 11.9. The number of halogens is 1. The lowest BCUT2D eigenvalue weighted by molar-refractivity contribution is -0.219. The van der Waals surface area contributed by atoms with E-state index in [0.29, 0.717) is 29.4 Å². The Morgan fingerprint density at radius 3 is 2.91 bits per heavy atom. The number of anilines is 1. The highest BCUT2D eigenvalue weighted by molar-refractivity contribution is 6.35. The summed E-state index contributed by atoms with van der Waals surface area (Å²) >= 11 is 6.43. The lowest BCUT2D eigenvalue weighted by Gasteiger charge is -2.27. The van der Waals surface area contributed by atoms with Gasteiger partial charge in [0.1, 0.15) is 29.6 Å². The first-order valence-electron chi connectivity index (χ1n) is 11.6. The number of imidazole rings is 1. The van der Waals surface area contributed by atoms with Crippen LogP contribution in [-0.2, 0) is 28.4 Å². The fourth-order valence-electron chi connectivity index (χ4n) is 4.55. The molecule has 12 heteroatoms. The minimum absolute atomic E-state index is 0.237. The second-order valence-corrected chi connectivity index (χ2v) is 9.33. The van der Waals surface area contributed by atoms with E-state index in [-0.39, 0.29) is 30.9 Å². The van der Waals surface area contributed by atoms with Crippen LogP contribution in [0.25, 0.3) is 11.2 Å². The zero-order chi connectivity index (χ0) is 23.9. The molecule has 3 aliphatic heterocycles. The third-order valence-corrected chi connectivity index (χ3v) is 6.26. The van der Waals surface area contributed by atoms with Gasteiger partial charge in [-0.15, -0.1) is 0 Å². The van der Waals surface area contributed by atoms with Gasteiger partial charge in [0, 0.05) is 12.7 Å². The number of aromatic nitrogens is 3. The van der Waals surface area contributed by atoms with E-state index in [2.05, 4.69) is 15.3 Å². The predicted molar refractivity (Wildman–Crippen MR) is 120 cm³/mol. The minimum Gasteiger partial charge on any atom is -0.450 e. The van der Waals surface area contributed by atoms with Crippen LogP contribution in [0.15, 0.2) is 12.4 Å². The SMILES string of the molecule is CCOC(=O)Nc1cc(Cl)c2ncn([C@@H]3O[C@H](COC4CCCCO4)[C@H]4OC(C)(C)O[C@H]43)c2n1. The number of ether oxygens (including phenoxy) is 6. The number of pyridine rings is 1. The molecule has 1 unspecified atom stereocenters. The number of amides is 1. The maximum Gasteiger partial charge on any atom is 0.412 e. The molecule has 0 saturated carbocycles. The van der Waals surface area contributed by atoms with E-state index in [4.69, 9.17) is 40.0 Å². The first kappa shape index (κ1) is 23.7. The summed E-state index contributed by atoms with van der Waals surface area (Å²) in [5, 5.41) is 2.92. The van der Waals surface area contributed by atoms with Crippen LogP contribution in [0.4, 0.5) is 10.6 Å². The van der Waals surface area contributed by atoms with Crippen molar-refractivity contribution in [2.24, 2.45) is 0 Å². The third kappa shape index (κ3) is 4.73. The second-order valence-electron chi connectivity index (χ2n) is 8.92. The highest BCUT2D eigenvalue weighted by atomic mass is 35.5. The van der Waals surface area contributed by atoms with Crippen molar-refractivity contribution in [3.8, 4) is 0 Å². The molecule has 5 atom stereocenters. The van der Waals surface area contributed by atoms with Crippen molar-refractivity contribution in [2.45, 2.75) is 76.7 Å². The molecule has 1 N–H and O–H groups in total. The van der Waals surface area contributed by atoms with Gasteiger partial charge in [0.15, 0.2) is 24.0 Å². The Kier molecular flexibility index (Phi) is 6.66. The van der Waals surface area contributed by atoms with Crippen LogP contribution >= 0.6 is 11.6 Å². The summed E-state index contributed by atoms with van der Waals surface area (Å²) < 4.78 is 37.1. The lowest BCUT2D eigenvalue weighted by atomic mass is 10.1. The van der Waals surface area contributed by atoms with Gasteiger partial charge < -0.3 is 28.4 Å². The standard InChI is InChI=1S/C22H29ClN4O7/c1-4-29-21(28)26-14-9-12(23)16-19(25-14)27(11-24-16)20-18-17(33-22(2,3)34-18)13(32-20)10-31-15-7-5-6-8-30-15/h9,11,13,15,17-18,20H,4-8,10H2,1-3H3,(H,25,26,28)/t13-,15?,17-,18-,20-/m1/s1. The Bertz CT molecular complexity index is 1040. The molecule has 0 aromatic carbocycles. The molecule has 3 fully saturated rings. The molecule has 0 bridgehead atoms. The maximum absolute atomic E-state index is 11.9. The van der Waals surface area contributed by atoms with Crippen molar-refractivity contribution in [3.05, 3.63) is 17.4 Å². The fourth-order valence-corrected chi connectivity index (χ4v) is 4.79. The van der Waals surface area contributed by atoms with Crippen LogP contribution in [0, 0.1) is 0 Å². The molecular formula is C22H29ClN4O7. The predicted octanol–water partition coefficient (Wildman–Crippen LogP) is 3.61. The molecule has 1 amide bonds.